The third-order valence-electron chi connectivity index (χ3n) is 4.93. The first-order valence-electron chi connectivity index (χ1n) is 9.42. The second kappa shape index (κ2) is 9.39. The van der Waals surface area contributed by atoms with Gasteiger partial charge in [0.25, 0.3) is 0 Å². The Morgan fingerprint density at radius 1 is 1.15 bits per heavy atom. The number of hydrogen-bond acceptors (Lipinski definition) is 4. The lowest BCUT2D eigenvalue weighted by atomic mass is 9.97. The lowest BCUT2D eigenvalue weighted by Crippen LogP contribution is -2.51. The summed E-state index contributed by atoms with van der Waals surface area (Å²) in [6.07, 6.45) is 3.66. The van der Waals surface area contributed by atoms with Crippen molar-refractivity contribution in [1.29, 1.82) is 0 Å². The topological polar surface area (TPSA) is 99.7 Å². The van der Waals surface area contributed by atoms with Crippen LogP contribution < -0.4 is 16.0 Å². The number of benzene rings is 1. The minimum Gasteiger partial charge on any atom is -0.394 e. The van der Waals surface area contributed by atoms with Gasteiger partial charge in [0.2, 0.25) is 5.91 Å². The maximum atomic E-state index is 11.9. The molecular formula is C19H26ClN3O4. The van der Waals surface area contributed by atoms with Gasteiger partial charge in [-0.1, -0.05) is 11.6 Å². The summed E-state index contributed by atoms with van der Waals surface area (Å²) in [5, 5.41) is 18.7. The third kappa shape index (κ3) is 6.09. The van der Waals surface area contributed by atoms with Crippen LogP contribution in [0.1, 0.15) is 32.1 Å². The first-order chi connectivity index (χ1) is 13.0. The van der Waals surface area contributed by atoms with Gasteiger partial charge in [-0.15, -0.1) is 0 Å². The Bertz CT molecular complexity index is 651. The van der Waals surface area contributed by atoms with Crippen LogP contribution in [0.4, 0.5) is 10.5 Å². The number of rotatable bonds is 7. The van der Waals surface area contributed by atoms with Crippen molar-refractivity contribution in [3.05, 3.63) is 29.3 Å². The van der Waals surface area contributed by atoms with Gasteiger partial charge in [0.1, 0.15) is 6.10 Å². The minimum atomic E-state index is -0.394. The number of carbonyl (C=O) groups is 2. The molecule has 1 aromatic rings. The summed E-state index contributed by atoms with van der Waals surface area (Å²) in [5.74, 6) is 0.214. The van der Waals surface area contributed by atoms with E-state index in [0.717, 1.165) is 25.7 Å². The lowest BCUT2D eigenvalue weighted by Gasteiger charge is -2.36. The molecule has 1 aliphatic heterocycles. The Balaban J connectivity index is 1.36. The zero-order valence-electron chi connectivity index (χ0n) is 15.1. The molecule has 0 bridgehead atoms. The summed E-state index contributed by atoms with van der Waals surface area (Å²) >= 11 is 5.81. The highest BCUT2D eigenvalue weighted by Crippen LogP contribution is 2.30. The fourth-order valence-corrected chi connectivity index (χ4v) is 3.34. The number of urea groups is 1. The number of halogens is 1. The molecule has 0 unspecified atom stereocenters. The second-order valence-electron chi connectivity index (χ2n) is 7.12. The van der Waals surface area contributed by atoms with E-state index in [4.69, 9.17) is 16.3 Å². The molecule has 0 aromatic heterocycles. The van der Waals surface area contributed by atoms with Crippen molar-refractivity contribution >= 4 is 29.2 Å². The van der Waals surface area contributed by atoms with Gasteiger partial charge in [0.15, 0.2) is 0 Å². The van der Waals surface area contributed by atoms with Crippen LogP contribution in [-0.2, 0) is 9.53 Å². The number of nitrogens with one attached hydrogen (secondary N) is 3. The Kier molecular flexibility index (Phi) is 6.93. The smallest absolute Gasteiger partial charge is 0.319 e. The molecular weight excluding hydrogens is 370 g/mol. The standard InChI is InChI=1S/C19H26ClN3O4/c20-13-3-5-14(6-4-13)22-19(26)21-10-9-15-7-8-16(17(11-24)27-15)23-18(25)12-1-2-12/h3-6,12,15-17,24H,1-2,7-11H2,(H,23,25)(H2,21,22,26)/t15-,16-,17-/m0/s1. The minimum absolute atomic E-state index is 0.0490. The molecule has 2 aliphatic rings. The van der Waals surface area contributed by atoms with E-state index in [1.807, 2.05) is 0 Å². The van der Waals surface area contributed by atoms with Crippen molar-refractivity contribution in [1.82, 2.24) is 10.6 Å². The van der Waals surface area contributed by atoms with Crippen LogP contribution in [-0.4, -0.2) is 48.4 Å². The molecule has 1 aromatic carbocycles. The zero-order chi connectivity index (χ0) is 19.2. The van der Waals surface area contributed by atoms with Gasteiger partial charge in [0, 0.05) is 23.2 Å². The van der Waals surface area contributed by atoms with E-state index in [-0.39, 0.29) is 36.6 Å². The van der Waals surface area contributed by atoms with Gasteiger partial charge in [-0.3, -0.25) is 4.79 Å². The molecule has 0 spiro atoms. The molecule has 3 amide bonds. The van der Waals surface area contributed by atoms with Crippen molar-refractivity contribution < 1.29 is 19.4 Å². The number of amides is 3. The molecule has 27 heavy (non-hydrogen) atoms. The predicted octanol–water partition coefficient (Wildman–Crippen LogP) is 2.29. The summed E-state index contributed by atoms with van der Waals surface area (Å²) in [4.78, 5) is 23.8. The van der Waals surface area contributed by atoms with Crippen LogP contribution in [0.5, 0.6) is 0 Å². The molecule has 1 aliphatic carbocycles. The van der Waals surface area contributed by atoms with E-state index in [2.05, 4.69) is 16.0 Å². The molecule has 1 saturated carbocycles. The summed E-state index contributed by atoms with van der Waals surface area (Å²) in [5.41, 5.74) is 0.667. The summed E-state index contributed by atoms with van der Waals surface area (Å²) in [7, 11) is 0. The molecule has 8 heteroatoms. The first-order valence-corrected chi connectivity index (χ1v) is 9.80. The number of anilines is 1. The predicted molar refractivity (Wildman–Crippen MR) is 103 cm³/mol. The highest BCUT2D eigenvalue weighted by atomic mass is 35.5. The van der Waals surface area contributed by atoms with Crippen LogP contribution in [0.3, 0.4) is 0 Å². The molecule has 1 heterocycles. The second-order valence-corrected chi connectivity index (χ2v) is 7.56. The summed E-state index contributed by atoms with van der Waals surface area (Å²) in [6.45, 7) is 0.331. The van der Waals surface area contributed by atoms with Crippen LogP contribution in [0.25, 0.3) is 0 Å². The molecule has 2 fully saturated rings. The maximum absolute atomic E-state index is 11.9. The van der Waals surface area contributed by atoms with Gasteiger partial charge in [-0.2, -0.15) is 0 Å². The van der Waals surface area contributed by atoms with Crippen molar-refractivity contribution in [2.24, 2.45) is 5.92 Å². The van der Waals surface area contributed by atoms with Crippen molar-refractivity contribution in [3.8, 4) is 0 Å². The van der Waals surface area contributed by atoms with Gasteiger partial charge in [0.05, 0.1) is 18.8 Å². The Morgan fingerprint density at radius 2 is 1.89 bits per heavy atom. The van der Waals surface area contributed by atoms with E-state index in [1.165, 1.54) is 0 Å². The molecule has 0 radical (unpaired) electrons. The van der Waals surface area contributed by atoms with E-state index in [1.54, 1.807) is 24.3 Å². The summed E-state index contributed by atoms with van der Waals surface area (Å²) < 4.78 is 5.91. The quantitative estimate of drug-likeness (QED) is 0.569. The van der Waals surface area contributed by atoms with Crippen LogP contribution in [0, 0.1) is 5.92 Å². The number of carbonyl (C=O) groups excluding carboxylic acids is 2. The third-order valence-corrected chi connectivity index (χ3v) is 5.18. The lowest BCUT2D eigenvalue weighted by molar-refractivity contribution is -0.129. The normalized spacial score (nSPS) is 24.9. The molecule has 7 nitrogen and oxygen atoms in total. The van der Waals surface area contributed by atoms with Crippen LogP contribution >= 0.6 is 11.6 Å². The molecule has 3 rings (SSSR count). The number of aliphatic hydroxyl groups is 1. The maximum Gasteiger partial charge on any atom is 0.319 e. The van der Waals surface area contributed by atoms with Gasteiger partial charge >= 0.3 is 6.03 Å². The van der Waals surface area contributed by atoms with E-state index < -0.39 is 6.10 Å². The Hall–Kier alpha value is -1.83. The van der Waals surface area contributed by atoms with Crippen molar-refractivity contribution in [3.63, 3.8) is 0 Å². The van der Waals surface area contributed by atoms with Crippen LogP contribution in [0.15, 0.2) is 24.3 Å². The molecule has 1 saturated heterocycles. The van der Waals surface area contributed by atoms with E-state index in [9.17, 15) is 14.7 Å². The monoisotopic (exact) mass is 395 g/mol. The van der Waals surface area contributed by atoms with Crippen molar-refractivity contribution in [2.75, 3.05) is 18.5 Å². The van der Waals surface area contributed by atoms with Crippen LogP contribution in [0.2, 0.25) is 5.02 Å². The first kappa shape index (κ1) is 19.9. The molecule has 3 atom stereocenters. The molecule has 148 valence electrons. The van der Waals surface area contributed by atoms with Crippen molar-refractivity contribution in [2.45, 2.75) is 50.4 Å². The fourth-order valence-electron chi connectivity index (χ4n) is 3.21. The van der Waals surface area contributed by atoms with Gasteiger partial charge in [-0.05, 0) is 56.4 Å². The average molecular weight is 396 g/mol. The fraction of sp³-hybridized carbons (Fsp3) is 0.579. The van der Waals surface area contributed by atoms with E-state index in [0.29, 0.717) is 23.7 Å². The largest absolute Gasteiger partial charge is 0.394 e. The zero-order valence-corrected chi connectivity index (χ0v) is 15.9. The summed E-state index contributed by atoms with van der Waals surface area (Å²) in [6, 6.07) is 6.45. The highest BCUT2D eigenvalue weighted by molar-refractivity contribution is 6.30. The highest BCUT2D eigenvalue weighted by Gasteiger charge is 2.36. The van der Waals surface area contributed by atoms with Gasteiger partial charge < -0.3 is 25.8 Å². The number of hydrogen-bond donors (Lipinski definition) is 4. The Labute approximate surface area is 163 Å². The SMILES string of the molecule is O=C(NCC[C@@H]1CC[C@H](NC(=O)C2CC2)[C@H](CO)O1)Nc1ccc(Cl)cc1. The average Bonchev–Trinajstić information content (AvgIpc) is 3.50. The molecule has 4 N–H and O–H groups in total. The Morgan fingerprint density at radius 3 is 2.56 bits per heavy atom. The van der Waals surface area contributed by atoms with Gasteiger partial charge in [-0.25, -0.2) is 4.79 Å². The number of ether oxygens (including phenoxy) is 1. The van der Waals surface area contributed by atoms with E-state index >= 15 is 0 Å². The number of aliphatic hydroxyl groups excluding tert-OH is 1.